The van der Waals surface area contributed by atoms with Crippen molar-refractivity contribution in [2.24, 2.45) is 0 Å². The van der Waals surface area contributed by atoms with Crippen molar-refractivity contribution in [2.75, 3.05) is 39.6 Å². The maximum Gasteiger partial charge on any atom is 0.306 e. The second-order valence-electron chi connectivity index (χ2n) is 39.0. The molecule has 0 spiro atoms. The van der Waals surface area contributed by atoms with Crippen molar-refractivity contribution >= 4 is 58.9 Å². The molecule has 1 N–H and O–H groups in total. The third kappa shape index (κ3) is 77.1. The zero-order valence-electron chi connectivity index (χ0n) is 88.2. The molecule has 0 saturated carbocycles. The summed E-state index contributed by atoms with van der Waals surface area (Å²) in [6.45, 7) is 17.7. The number of unbranched alkanes of at least 4 members (excludes halogenated alkanes) is 58. The van der Waals surface area contributed by atoms with Crippen LogP contribution in [0.25, 0.3) is 0 Å². The van der Waals surface area contributed by atoms with Gasteiger partial charge in [0.25, 0.3) is 0 Å². The molecule has 9 atom stereocenters. The first kappa shape index (κ1) is 129. The van der Waals surface area contributed by atoms with Crippen molar-refractivity contribution in [3.63, 3.8) is 0 Å². The van der Waals surface area contributed by atoms with Gasteiger partial charge in [-0.05, 0) is 64.2 Å². The van der Waals surface area contributed by atoms with E-state index in [2.05, 4.69) is 62.3 Å². The number of hydrogen-bond donors (Lipinski definition) is 1. The number of aliphatic hydroxyl groups is 1. The van der Waals surface area contributed by atoms with Crippen LogP contribution in [-0.4, -0.2) is 159 Å². The topological polar surface area (TPSA) is 283 Å². The monoisotopic (exact) mass is 1900 g/mol. The minimum Gasteiger partial charge on any atom is -0.462 e. The van der Waals surface area contributed by atoms with Crippen molar-refractivity contribution in [3.05, 3.63) is 0 Å². The molecule has 0 fully saturated rings. The van der Waals surface area contributed by atoms with Crippen molar-refractivity contribution < 1.29 is 100 Å². The molecule has 9 unspecified atom stereocenters. The van der Waals surface area contributed by atoms with Crippen LogP contribution in [0, 0.1) is 0 Å². The quantitative estimate of drug-likeness (QED) is 0.0336. The van der Waals surface area contributed by atoms with E-state index in [4.69, 9.17) is 47.4 Å². The number of ether oxygens (including phenoxy) is 10. The number of esters is 6. The lowest BCUT2D eigenvalue weighted by Gasteiger charge is -2.33. The van der Waals surface area contributed by atoms with Crippen molar-refractivity contribution in [2.45, 2.75) is 625 Å². The summed E-state index contributed by atoms with van der Waals surface area (Å²) in [5.41, 5.74) is 0. The number of aliphatic hydroxyl groups excluding tert-OH is 1. The van der Waals surface area contributed by atoms with Gasteiger partial charge in [0, 0.05) is 64.2 Å². The van der Waals surface area contributed by atoms with Crippen LogP contribution in [-0.2, 0) is 95.3 Å². The Morgan fingerprint density at radius 1 is 0.172 bits per heavy atom. The average Bonchev–Trinajstić information content (AvgIpc) is 0.864. The predicted molar refractivity (Wildman–Crippen MR) is 543 cm³/mol. The van der Waals surface area contributed by atoms with E-state index in [9.17, 15) is 38.7 Å². The molecule has 786 valence electrons. The number of carbonyl (C=O) groups excluding carboxylic acids is 10. The summed E-state index contributed by atoms with van der Waals surface area (Å²) in [7, 11) is 0. The predicted octanol–water partition coefficient (Wildman–Crippen LogP) is 29.5. The van der Waals surface area contributed by atoms with E-state index in [-0.39, 0.29) is 70.8 Å². The summed E-state index contributed by atoms with van der Waals surface area (Å²) in [5.74, 6) is -5.51. The lowest BCUT2D eigenvalue weighted by atomic mass is 10.00. The maximum atomic E-state index is 15.8. The zero-order valence-corrected chi connectivity index (χ0v) is 88.2. The molecule has 0 amide bonds. The van der Waals surface area contributed by atoms with Gasteiger partial charge in [-0.2, -0.15) is 0 Å². The molecule has 0 heterocycles. The first-order valence-corrected chi connectivity index (χ1v) is 56.7. The Bertz CT molecular complexity index is 2760. The fourth-order valence-electron chi connectivity index (χ4n) is 17.3. The van der Waals surface area contributed by atoms with Gasteiger partial charge < -0.3 is 52.5 Å². The highest BCUT2D eigenvalue weighted by molar-refractivity contribution is 5.86. The molecular formula is C113H208O21. The minimum atomic E-state index is -1.72. The van der Waals surface area contributed by atoms with Crippen molar-refractivity contribution in [1.29, 1.82) is 0 Å². The van der Waals surface area contributed by atoms with Crippen LogP contribution in [0.1, 0.15) is 570 Å². The molecule has 0 aromatic carbocycles. The van der Waals surface area contributed by atoms with E-state index in [1.807, 2.05) is 6.92 Å². The second-order valence-corrected chi connectivity index (χ2v) is 39.0. The smallest absolute Gasteiger partial charge is 0.306 e. The fraction of sp³-hybridized carbons (Fsp3) is 0.912. The van der Waals surface area contributed by atoms with Gasteiger partial charge in [-0.1, -0.05) is 442 Å². The number of hydrogen-bond acceptors (Lipinski definition) is 21. The molecule has 21 nitrogen and oxygen atoms in total. The summed E-state index contributed by atoms with van der Waals surface area (Å²) >= 11 is 0. The van der Waals surface area contributed by atoms with E-state index in [0.717, 1.165) is 263 Å². The SMILES string of the molecule is CCCCCCCCCCCCCCCC(=O)OC(CO)C(OCC(OC(=O)CCCCCCCCCCCCC)C(OCC(OC(=O)CCCCCCCCCCC)C(OCC(OC(=O)CCCCCCCCC)C(OCC(COC(=O)CCCCCCC)OC(=O)CCCCC)C(=O)CCCCCCC)C(=O)CCCCCCC)C(=O)CCCCCCC)C(=O)CCCCCCC. The summed E-state index contributed by atoms with van der Waals surface area (Å²) in [4.78, 5) is 148. The van der Waals surface area contributed by atoms with Crippen LogP contribution in [0.2, 0.25) is 0 Å². The van der Waals surface area contributed by atoms with Gasteiger partial charge in [0.05, 0.1) is 33.0 Å². The summed E-state index contributed by atoms with van der Waals surface area (Å²) in [5, 5.41) is 11.3. The first-order chi connectivity index (χ1) is 65.4. The Morgan fingerprint density at radius 2 is 0.328 bits per heavy atom. The van der Waals surface area contributed by atoms with E-state index < -0.39 is 147 Å². The molecule has 21 heteroatoms. The van der Waals surface area contributed by atoms with Crippen LogP contribution in [0.4, 0.5) is 0 Å². The van der Waals surface area contributed by atoms with Crippen molar-refractivity contribution in [3.8, 4) is 0 Å². The number of rotatable bonds is 106. The molecule has 0 aliphatic heterocycles. The Hall–Kier alpha value is -4.70. The molecule has 0 radical (unpaired) electrons. The van der Waals surface area contributed by atoms with Crippen LogP contribution in [0.3, 0.4) is 0 Å². The van der Waals surface area contributed by atoms with Crippen molar-refractivity contribution in [1.82, 2.24) is 0 Å². The Morgan fingerprint density at radius 3 is 0.545 bits per heavy atom. The molecule has 0 aromatic heterocycles. The zero-order chi connectivity index (χ0) is 98.4. The van der Waals surface area contributed by atoms with Crippen LogP contribution >= 0.6 is 0 Å². The van der Waals surface area contributed by atoms with Crippen LogP contribution in [0.15, 0.2) is 0 Å². The van der Waals surface area contributed by atoms with E-state index >= 15 is 14.4 Å². The van der Waals surface area contributed by atoms with Gasteiger partial charge in [-0.25, -0.2) is 0 Å². The average molecular weight is 1900 g/mol. The highest BCUT2D eigenvalue weighted by Crippen LogP contribution is 2.27. The van der Waals surface area contributed by atoms with E-state index in [0.29, 0.717) is 83.5 Å². The highest BCUT2D eigenvalue weighted by Gasteiger charge is 2.42. The number of ketones is 4. The van der Waals surface area contributed by atoms with Gasteiger partial charge >= 0.3 is 35.8 Å². The molecule has 0 aromatic rings. The van der Waals surface area contributed by atoms with E-state index in [1.165, 1.54) is 89.9 Å². The molecule has 0 aliphatic carbocycles. The molecule has 0 bridgehead atoms. The van der Waals surface area contributed by atoms with E-state index in [1.54, 1.807) is 0 Å². The third-order valence-corrected chi connectivity index (χ3v) is 26.0. The molecule has 0 rings (SSSR count). The lowest BCUT2D eigenvalue weighted by molar-refractivity contribution is -0.190. The molecule has 0 saturated heterocycles. The highest BCUT2D eigenvalue weighted by atomic mass is 16.6. The largest absolute Gasteiger partial charge is 0.462 e. The maximum absolute atomic E-state index is 15.8. The molecule has 0 aliphatic rings. The lowest BCUT2D eigenvalue weighted by Crippen LogP contribution is -2.50. The minimum absolute atomic E-state index is 0.0101. The van der Waals surface area contributed by atoms with Crippen LogP contribution < -0.4 is 0 Å². The standard InChI is InChI=1S/C113H208O21/c1-11-21-31-40-44-47-49-50-52-55-58-66-75-85-106(121)131-100(89-114)110(96(115)79-70-60-35-25-15-5)127-92-102(133-108(123)87-78-68-59-54-51-48-45-41-32-22-12-2)112(98(117)81-72-62-37-27-17-7)129-94-103(134-109(124)88-77-67-57-53-46-42-33-23-13-3)113(99(118)82-73-63-38-28-18-8)128-93-101(132-107(122)86-76-65-56-43-34-24-14-4)111(97(116)80-71-61-36-26-16-6)126-91-95(130-105(120)84-69-30-20-10)90-125-104(119)83-74-64-39-29-19-9/h95,100-103,110-114H,11-94H2,1-10H3. The molecule has 134 heavy (non-hydrogen) atoms. The second kappa shape index (κ2) is 97.1. The van der Waals surface area contributed by atoms with Gasteiger partial charge in [0.15, 0.2) is 78.1 Å². The number of Topliss-reactive ketones (excluding diaryl/α,β-unsaturated/α-hetero) is 4. The molecular weight excluding hydrogens is 1690 g/mol. The summed E-state index contributed by atoms with van der Waals surface area (Å²) in [6, 6.07) is 0. The van der Waals surface area contributed by atoms with Gasteiger partial charge in [-0.15, -0.1) is 0 Å². The summed E-state index contributed by atoms with van der Waals surface area (Å²) in [6.07, 6.45) is 49.4. The van der Waals surface area contributed by atoms with Gasteiger partial charge in [0.1, 0.15) is 6.61 Å². The first-order valence-electron chi connectivity index (χ1n) is 56.7. The van der Waals surface area contributed by atoms with Crippen LogP contribution in [0.5, 0.6) is 0 Å². The van der Waals surface area contributed by atoms with Gasteiger partial charge in [-0.3, -0.25) is 47.9 Å². The Labute approximate surface area is 819 Å². The van der Waals surface area contributed by atoms with Gasteiger partial charge in [0.2, 0.25) is 0 Å². The number of carbonyl (C=O) groups is 10. The third-order valence-electron chi connectivity index (χ3n) is 26.0. The summed E-state index contributed by atoms with van der Waals surface area (Å²) < 4.78 is 65.0. The fourth-order valence-corrected chi connectivity index (χ4v) is 17.3. The normalized spacial score (nSPS) is 13.6. The Kier molecular flexibility index (Phi) is 93.7. The Balaban J connectivity index is 9.04.